The van der Waals surface area contributed by atoms with E-state index in [1.54, 1.807) is 0 Å². The highest BCUT2D eigenvalue weighted by atomic mass is 16.5. The summed E-state index contributed by atoms with van der Waals surface area (Å²) in [6.45, 7) is 1.73. The quantitative estimate of drug-likeness (QED) is 0.563. The lowest BCUT2D eigenvalue weighted by Crippen LogP contribution is -2.41. The van der Waals surface area contributed by atoms with Crippen LogP contribution in [0.3, 0.4) is 0 Å². The van der Waals surface area contributed by atoms with Crippen molar-refractivity contribution in [2.75, 3.05) is 13.2 Å². The summed E-state index contributed by atoms with van der Waals surface area (Å²) in [5, 5.41) is 2.94. The number of carbonyl (C=O) groups is 1. The predicted octanol–water partition coefficient (Wildman–Crippen LogP) is 0.301. The van der Waals surface area contributed by atoms with Crippen LogP contribution in [0.5, 0.6) is 0 Å². The SMILES string of the molecule is O=C1NCCCC12C1CCOC12. The number of amides is 1. The molecule has 3 unspecified atom stereocenters. The number of fused-ring (bicyclic) bond motifs is 3. The van der Waals surface area contributed by atoms with Gasteiger partial charge in [-0.1, -0.05) is 0 Å². The number of carbonyl (C=O) groups excluding carboxylic acids is 1. The molecule has 3 nitrogen and oxygen atoms in total. The Morgan fingerprint density at radius 2 is 2.50 bits per heavy atom. The molecule has 3 rings (SSSR count). The number of hydrogen-bond acceptors (Lipinski definition) is 2. The van der Waals surface area contributed by atoms with Gasteiger partial charge in [-0.2, -0.15) is 0 Å². The van der Waals surface area contributed by atoms with Crippen molar-refractivity contribution < 1.29 is 9.53 Å². The van der Waals surface area contributed by atoms with E-state index in [1.165, 1.54) is 0 Å². The van der Waals surface area contributed by atoms with E-state index in [2.05, 4.69) is 5.32 Å². The van der Waals surface area contributed by atoms with Crippen LogP contribution in [0.25, 0.3) is 0 Å². The molecular formula is C9H13NO2. The lowest BCUT2D eigenvalue weighted by atomic mass is 9.91. The van der Waals surface area contributed by atoms with Gasteiger partial charge in [-0.3, -0.25) is 4.79 Å². The van der Waals surface area contributed by atoms with Crippen molar-refractivity contribution in [3.8, 4) is 0 Å². The average molecular weight is 167 g/mol. The number of piperidine rings is 1. The fourth-order valence-corrected chi connectivity index (χ4v) is 2.96. The van der Waals surface area contributed by atoms with Crippen LogP contribution >= 0.6 is 0 Å². The van der Waals surface area contributed by atoms with E-state index in [9.17, 15) is 4.79 Å². The Morgan fingerprint density at radius 1 is 1.58 bits per heavy atom. The summed E-state index contributed by atoms with van der Waals surface area (Å²) in [6, 6.07) is 0. The van der Waals surface area contributed by atoms with Crippen molar-refractivity contribution in [2.45, 2.75) is 25.4 Å². The molecule has 1 aliphatic carbocycles. The van der Waals surface area contributed by atoms with E-state index in [4.69, 9.17) is 4.74 Å². The van der Waals surface area contributed by atoms with Crippen molar-refractivity contribution in [2.24, 2.45) is 11.3 Å². The molecule has 2 aliphatic heterocycles. The fourth-order valence-electron chi connectivity index (χ4n) is 2.96. The van der Waals surface area contributed by atoms with Gasteiger partial charge in [-0.15, -0.1) is 0 Å². The number of hydrogen-bond donors (Lipinski definition) is 1. The van der Waals surface area contributed by atoms with Crippen LogP contribution in [-0.4, -0.2) is 25.2 Å². The average Bonchev–Trinajstić information content (AvgIpc) is 2.48. The first-order valence-electron chi connectivity index (χ1n) is 4.75. The van der Waals surface area contributed by atoms with E-state index < -0.39 is 0 Å². The maximum atomic E-state index is 11.6. The molecular weight excluding hydrogens is 154 g/mol. The fraction of sp³-hybridized carbons (Fsp3) is 0.889. The van der Waals surface area contributed by atoms with Gasteiger partial charge in [0.25, 0.3) is 0 Å². The third-order valence-corrected chi connectivity index (χ3v) is 3.63. The highest BCUT2D eigenvalue weighted by molar-refractivity contribution is 5.88. The summed E-state index contributed by atoms with van der Waals surface area (Å²) in [6.07, 6.45) is 3.55. The van der Waals surface area contributed by atoms with E-state index >= 15 is 0 Å². The zero-order chi connectivity index (χ0) is 8.18. The molecule has 3 aliphatic rings. The smallest absolute Gasteiger partial charge is 0.229 e. The minimum atomic E-state index is -0.0729. The Hall–Kier alpha value is -0.570. The van der Waals surface area contributed by atoms with Crippen LogP contribution in [0.1, 0.15) is 19.3 Å². The molecule has 0 aromatic carbocycles. The van der Waals surface area contributed by atoms with Crippen molar-refractivity contribution in [1.29, 1.82) is 0 Å². The second-order valence-corrected chi connectivity index (χ2v) is 4.09. The first-order valence-corrected chi connectivity index (χ1v) is 4.75. The summed E-state index contributed by atoms with van der Waals surface area (Å²) in [7, 11) is 0. The Kier molecular flexibility index (Phi) is 1.16. The van der Waals surface area contributed by atoms with Gasteiger partial charge in [0, 0.05) is 19.1 Å². The normalized spacial score (nSPS) is 50.5. The van der Waals surface area contributed by atoms with Gasteiger partial charge >= 0.3 is 0 Å². The minimum Gasteiger partial charge on any atom is -0.377 e. The highest BCUT2D eigenvalue weighted by Crippen LogP contribution is 2.63. The molecule has 2 heterocycles. The van der Waals surface area contributed by atoms with Crippen LogP contribution in [0.4, 0.5) is 0 Å². The lowest BCUT2D eigenvalue weighted by Gasteiger charge is -2.24. The predicted molar refractivity (Wildman–Crippen MR) is 42.5 cm³/mol. The van der Waals surface area contributed by atoms with Crippen molar-refractivity contribution >= 4 is 5.91 Å². The van der Waals surface area contributed by atoms with Crippen molar-refractivity contribution in [3.63, 3.8) is 0 Å². The van der Waals surface area contributed by atoms with Crippen LogP contribution < -0.4 is 5.32 Å². The molecule has 1 amide bonds. The topological polar surface area (TPSA) is 38.3 Å². The molecule has 1 saturated carbocycles. The van der Waals surface area contributed by atoms with E-state index in [0.29, 0.717) is 5.92 Å². The van der Waals surface area contributed by atoms with Gasteiger partial charge in [0.15, 0.2) is 0 Å². The molecule has 66 valence electrons. The van der Waals surface area contributed by atoms with Crippen LogP contribution in [0, 0.1) is 11.3 Å². The largest absolute Gasteiger partial charge is 0.377 e. The molecule has 3 heteroatoms. The molecule has 1 spiro atoms. The van der Waals surface area contributed by atoms with Gasteiger partial charge < -0.3 is 10.1 Å². The Balaban J connectivity index is 1.87. The third kappa shape index (κ3) is 0.600. The van der Waals surface area contributed by atoms with Gasteiger partial charge in [-0.05, 0) is 19.3 Å². The summed E-state index contributed by atoms with van der Waals surface area (Å²) in [5.41, 5.74) is -0.0729. The summed E-state index contributed by atoms with van der Waals surface area (Å²) < 4.78 is 5.53. The number of nitrogens with one attached hydrogen (secondary N) is 1. The number of rotatable bonds is 0. The summed E-state index contributed by atoms with van der Waals surface area (Å²) in [5.74, 6) is 0.807. The van der Waals surface area contributed by atoms with Crippen molar-refractivity contribution in [1.82, 2.24) is 5.32 Å². The molecule has 0 bridgehead atoms. The summed E-state index contributed by atoms with van der Waals surface area (Å²) in [4.78, 5) is 11.6. The maximum Gasteiger partial charge on any atom is 0.229 e. The molecule has 3 fully saturated rings. The number of ether oxygens (including phenoxy) is 1. The Bertz CT molecular complexity index is 229. The third-order valence-electron chi connectivity index (χ3n) is 3.63. The van der Waals surface area contributed by atoms with E-state index in [0.717, 1.165) is 32.4 Å². The monoisotopic (exact) mass is 167 g/mol. The molecule has 0 aromatic rings. The lowest BCUT2D eigenvalue weighted by molar-refractivity contribution is -0.131. The highest BCUT2D eigenvalue weighted by Gasteiger charge is 2.72. The Morgan fingerprint density at radius 3 is 3.17 bits per heavy atom. The van der Waals surface area contributed by atoms with Gasteiger partial charge in [0.05, 0.1) is 11.5 Å². The molecule has 2 saturated heterocycles. The molecule has 0 aromatic heterocycles. The van der Waals surface area contributed by atoms with Gasteiger partial charge in [0.1, 0.15) is 0 Å². The first kappa shape index (κ1) is 6.89. The zero-order valence-electron chi connectivity index (χ0n) is 7.01. The summed E-state index contributed by atoms with van der Waals surface area (Å²) >= 11 is 0. The maximum absolute atomic E-state index is 11.6. The van der Waals surface area contributed by atoms with Crippen LogP contribution in [0.15, 0.2) is 0 Å². The van der Waals surface area contributed by atoms with Crippen molar-refractivity contribution in [3.05, 3.63) is 0 Å². The first-order chi connectivity index (χ1) is 5.86. The second-order valence-electron chi connectivity index (χ2n) is 4.09. The molecule has 12 heavy (non-hydrogen) atoms. The van der Waals surface area contributed by atoms with Crippen LogP contribution in [-0.2, 0) is 9.53 Å². The van der Waals surface area contributed by atoms with E-state index in [-0.39, 0.29) is 17.4 Å². The standard InChI is InChI=1S/C9H13NO2/c11-8-9(3-1-4-10-8)6-2-5-12-7(6)9/h6-7H,1-5H2,(H,10,11). The minimum absolute atomic E-state index is 0.0729. The zero-order valence-corrected chi connectivity index (χ0v) is 7.01. The van der Waals surface area contributed by atoms with Gasteiger partial charge in [-0.25, -0.2) is 0 Å². The van der Waals surface area contributed by atoms with Gasteiger partial charge in [0.2, 0.25) is 5.91 Å². The van der Waals surface area contributed by atoms with E-state index in [1.807, 2.05) is 0 Å². The Labute approximate surface area is 71.5 Å². The van der Waals surface area contributed by atoms with Crippen LogP contribution in [0.2, 0.25) is 0 Å². The molecule has 3 atom stereocenters. The molecule has 0 radical (unpaired) electrons. The molecule has 1 N–H and O–H groups in total. The second kappa shape index (κ2) is 2.02.